The number of carbonyl (C=O) groups is 2. The van der Waals surface area contributed by atoms with Gasteiger partial charge in [-0.25, -0.2) is 0 Å². The highest BCUT2D eigenvalue weighted by atomic mass is 32.2. The van der Waals surface area contributed by atoms with Crippen molar-refractivity contribution in [2.45, 2.75) is 12.5 Å². The maximum absolute atomic E-state index is 10.8. The van der Waals surface area contributed by atoms with E-state index in [1.54, 1.807) is 0 Å². The molecule has 0 spiro atoms. The molecular formula is C6H8NO2S. The summed E-state index contributed by atoms with van der Waals surface area (Å²) in [6, 6.07) is -0.282. The van der Waals surface area contributed by atoms with Crippen LogP contribution in [0.25, 0.3) is 0 Å². The smallest absolute Gasteiger partial charge is 0.221 e. The van der Waals surface area contributed by atoms with Crippen molar-refractivity contribution in [1.29, 1.82) is 0 Å². The predicted octanol–water partition coefficient (Wildman–Crippen LogP) is -0.0312. The van der Waals surface area contributed by atoms with Crippen LogP contribution in [0.15, 0.2) is 0 Å². The molecule has 1 rings (SSSR count). The Bertz CT molecular complexity index is 169. The molecule has 0 aromatic rings. The average molecular weight is 158 g/mol. The van der Waals surface area contributed by atoms with Gasteiger partial charge in [-0.05, 0) is 6.42 Å². The lowest BCUT2D eigenvalue weighted by Gasteiger charge is -2.05. The topological polar surface area (TPSA) is 46.2 Å². The van der Waals surface area contributed by atoms with E-state index in [9.17, 15) is 9.59 Å². The Labute approximate surface area is 63.6 Å². The molecular weight excluding hydrogens is 150 g/mol. The second-order valence-electron chi connectivity index (χ2n) is 2.08. The van der Waals surface area contributed by atoms with Crippen LogP contribution in [0.4, 0.5) is 0 Å². The molecule has 55 valence electrons. The van der Waals surface area contributed by atoms with Gasteiger partial charge in [-0.15, -0.1) is 0 Å². The number of thioether (sulfide) groups is 1. The van der Waals surface area contributed by atoms with Crippen molar-refractivity contribution in [3.63, 3.8) is 0 Å². The molecule has 0 aromatic heterocycles. The third-order valence-electron chi connectivity index (χ3n) is 1.27. The van der Waals surface area contributed by atoms with Gasteiger partial charge in [-0.3, -0.25) is 9.59 Å². The molecule has 3 nitrogen and oxygen atoms in total. The summed E-state index contributed by atoms with van der Waals surface area (Å²) in [5.41, 5.74) is 0. The van der Waals surface area contributed by atoms with Crippen molar-refractivity contribution in [2.75, 3.05) is 5.75 Å². The molecule has 1 N–H and O–H groups in total. The van der Waals surface area contributed by atoms with Crippen LogP contribution in [0.5, 0.6) is 0 Å². The molecule has 1 aliphatic heterocycles. The fourth-order valence-electron chi connectivity index (χ4n) is 0.821. The van der Waals surface area contributed by atoms with Gasteiger partial charge in [0.05, 0.1) is 6.04 Å². The van der Waals surface area contributed by atoms with Gasteiger partial charge < -0.3 is 5.32 Å². The van der Waals surface area contributed by atoms with Crippen LogP contribution >= 0.6 is 11.8 Å². The van der Waals surface area contributed by atoms with Gasteiger partial charge in [-0.2, -0.15) is 0 Å². The summed E-state index contributed by atoms with van der Waals surface area (Å²) in [4.78, 5) is 21.2. The normalized spacial score (nSPS) is 24.9. The van der Waals surface area contributed by atoms with Gasteiger partial charge in [0.25, 0.3) is 0 Å². The summed E-state index contributed by atoms with van der Waals surface area (Å²) < 4.78 is 0. The van der Waals surface area contributed by atoms with Crippen LogP contribution < -0.4 is 5.32 Å². The SMILES string of the molecule is [CH2]C(=O)NC1CCSC1=O. The number of hydrogen-bond donors (Lipinski definition) is 1. The Morgan fingerprint density at radius 1 is 1.80 bits per heavy atom. The highest BCUT2D eigenvalue weighted by molar-refractivity contribution is 8.14. The Morgan fingerprint density at radius 2 is 2.50 bits per heavy atom. The van der Waals surface area contributed by atoms with Crippen molar-refractivity contribution < 1.29 is 9.59 Å². The quantitative estimate of drug-likeness (QED) is 0.583. The molecule has 0 aromatic carbocycles. The Balaban J connectivity index is 2.40. The first-order valence-corrected chi connectivity index (χ1v) is 3.98. The second-order valence-corrected chi connectivity index (χ2v) is 3.18. The summed E-state index contributed by atoms with van der Waals surface area (Å²) in [6.07, 6.45) is 0.741. The molecule has 1 atom stereocenters. The molecule has 1 radical (unpaired) electrons. The molecule has 1 fully saturated rings. The fourth-order valence-corrected chi connectivity index (χ4v) is 1.75. The molecule has 4 heteroatoms. The van der Waals surface area contributed by atoms with Crippen LogP contribution in [0.3, 0.4) is 0 Å². The zero-order valence-electron chi connectivity index (χ0n) is 5.42. The molecule has 10 heavy (non-hydrogen) atoms. The zero-order valence-corrected chi connectivity index (χ0v) is 6.24. The molecule has 1 amide bonds. The third-order valence-corrected chi connectivity index (χ3v) is 2.28. The summed E-state index contributed by atoms with van der Waals surface area (Å²) in [5, 5.41) is 2.52. The van der Waals surface area contributed by atoms with Gasteiger partial charge >= 0.3 is 0 Å². The Hall–Kier alpha value is -0.510. The molecule has 1 heterocycles. The summed E-state index contributed by atoms with van der Waals surface area (Å²) >= 11 is 1.27. The standard InChI is InChI=1S/C6H8NO2S/c1-4(8)7-5-2-3-10-6(5)9/h5H,1-3H2,(H,7,8). The van der Waals surface area contributed by atoms with E-state index in [0.717, 1.165) is 12.2 Å². The van der Waals surface area contributed by atoms with Crippen LogP contribution in [-0.2, 0) is 9.59 Å². The highest BCUT2D eigenvalue weighted by Gasteiger charge is 2.25. The van der Waals surface area contributed by atoms with Crippen LogP contribution in [-0.4, -0.2) is 22.8 Å². The molecule has 0 saturated carbocycles. The lowest BCUT2D eigenvalue weighted by atomic mass is 10.2. The van der Waals surface area contributed by atoms with E-state index >= 15 is 0 Å². The molecule has 1 saturated heterocycles. The minimum Gasteiger partial charge on any atom is -0.345 e. The van der Waals surface area contributed by atoms with Gasteiger partial charge in [0.15, 0.2) is 0 Å². The van der Waals surface area contributed by atoms with E-state index in [4.69, 9.17) is 0 Å². The lowest BCUT2D eigenvalue weighted by Crippen LogP contribution is -2.35. The summed E-state index contributed by atoms with van der Waals surface area (Å²) in [5.74, 6) is 0.435. The van der Waals surface area contributed by atoms with Crippen molar-refractivity contribution in [3.8, 4) is 0 Å². The number of nitrogens with one attached hydrogen (secondary N) is 1. The van der Waals surface area contributed by atoms with Crippen molar-refractivity contribution in [3.05, 3.63) is 6.92 Å². The van der Waals surface area contributed by atoms with Crippen LogP contribution in [0.2, 0.25) is 0 Å². The molecule has 1 aliphatic rings. The first-order valence-electron chi connectivity index (χ1n) is 2.99. The van der Waals surface area contributed by atoms with Gasteiger partial charge in [0, 0.05) is 12.7 Å². The Morgan fingerprint density at radius 3 is 2.90 bits per heavy atom. The number of rotatable bonds is 1. The van der Waals surface area contributed by atoms with Crippen molar-refractivity contribution >= 4 is 22.8 Å². The average Bonchev–Trinajstić information content (AvgIpc) is 2.15. The molecule has 0 bridgehead atoms. The van der Waals surface area contributed by atoms with E-state index in [1.165, 1.54) is 11.8 Å². The number of amides is 1. The summed E-state index contributed by atoms with van der Waals surface area (Å²) in [7, 11) is 0. The molecule has 0 aliphatic carbocycles. The van der Waals surface area contributed by atoms with Gasteiger partial charge in [0.1, 0.15) is 0 Å². The number of hydrogen-bond acceptors (Lipinski definition) is 3. The van der Waals surface area contributed by atoms with Gasteiger partial charge in [0.2, 0.25) is 11.0 Å². The zero-order chi connectivity index (χ0) is 7.56. The second kappa shape index (κ2) is 3.05. The minimum absolute atomic E-state index is 0.0528. The largest absolute Gasteiger partial charge is 0.345 e. The maximum Gasteiger partial charge on any atom is 0.221 e. The van der Waals surface area contributed by atoms with E-state index < -0.39 is 0 Å². The third kappa shape index (κ3) is 1.73. The van der Waals surface area contributed by atoms with E-state index in [-0.39, 0.29) is 17.1 Å². The van der Waals surface area contributed by atoms with E-state index in [0.29, 0.717) is 0 Å². The van der Waals surface area contributed by atoms with Crippen LogP contribution in [0.1, 0.15) is 6.42 Å². The number of carbonyl (C=O) groups excluding carboxylic acids is 2. The Kier molecular flexibility index (Phi) is 2.32. The monoisotopic (exact) mass is 158 g/mol. The fraction of sp³-hybridized carbons (Fsp3) is 0.500. The first-order chi connectivity index (χ1) is 4.70. The van der Waals surface area contributed by atoms with Gasteiger partial charge in [-0.1, -0.05) is 11.8 Å². The predicted molar refractivity (Wildman–Crippen MR) is 39.4 cm³/mol. The van der Waals surface area contributed by atoms with Crippen LogP contribution in [0, 0.1) is 6.92 Å². The van der Waals surface area contributed by atoms with E-state index in [1.807, 2.05) is 0 Å². The lowest BCUT2D eigenvalue weighted by molar-refractivity contribution is -0.121. The summed E-state index contributed by atoms with van der Waals surface area (Å²) in [6.45, 7) is 3.12. The van der Waals surface area contributed by atoms with Crippen molar-refractivity contribution in [2.24, 2.45) is 0 Å². The molecule has 1 unspecified atom stereocenters. The van der Waals surface area contributed by atoms with E-state index in [2.05, 4.69) is 12.2 Å². The highest BCUT2D eigenvalue weighted by Crippen LogP contribution is 2.18. The first kappa shape index (κ1) is 7.60. The minimum atomic E-state index is -0.374. The van der Waals surface area contributed by atoms with Crippen molar-refractivity contribution in [1.82, 2.24) is 5.32 Å². The maximum atomic E-state index is 10.8.